The molecule has 10 heteroatoms. The van der Waals surface area contributed by atoms with Crippen LogP contribution in [0.4, 0.5) is 17.3 Å². The predicted molar refractivity (Wildman–Crippen MR) is 142 cm³/mol. The van der Waals surface area contributed by atoms with E-state index in [1.807, 2.05) is 18.5 Å². The van der Waals surface area contributed by atoms with E-state index < -0.39 is 0 Å². The van der Waals surface area contributed by atoms with E-state index >= 15 is 0 Å². The van der Waals surface area contributed by atoms with Crippen LogP contribution in [0.25, 0.3) is 10.9 Å². The van der Waals surface area contributed by atoms with Gasteiger partial charge in [0.05, 0.1) is 59.6 Å². The smallest absolute Gasteiger partial charge is 0.227 e. The number of hydrogen-bond acceptors (Lipinski definition) is 8. The molecular formula is C27H33ClN6O3. The van der Waals surface area contributed by atoms with Gasteiger partial charge in [-0.1, -0.05) is 11.6 Å². The molecule has 5 aliphatic rings. The number of fused-ring (bicyclic) bond motifs is 1. The average Bonchev–Trinajstić information content (AvgIpc) is 3.48. The molecule has 2 aliphatic heterocycles. The number of benzene rings is 1. The van der Waals surface area contributed by atoms with Crippen LogP contribution in [0, 0.1) is 10.8 Å². The minimum Gasteiger partial charge on any atom is -0.394 e. The Hall–Kier alpha value is -2.46. The third-order valence-electron chi connectivity index (χ3n) is 9.19. The lowest BCUT2D eigenvalue weighted by Crippen LogP contribution is -2.69. The number of hydrogen-bond donors (Lipinski definition) is 2. The molecular weight excluding hydrogens is 492 g/mol. The molecule has 9 nitrogen and oxygen atoms in total. The van der Waals surface area contributed by atoms with Crippen molar-refractivity contribution in [3.05, 3.63) is 35.7 Å². The van der Waals surface area contributed by atoms with Crippen molar-refractivity contribution >= 4 is 39.8 Å². The van der Waals surface area contributed by atoms with E-state index in [0.717, 1.165) is 92.1 Å². The lowest BCUT2D eigenvalue weighted by Gasteiger charge is -2.70. The lowest BCUT2D eigenvalue weighted by atomic mass is 9.39. The van der Waals surface area contributed by atoms with Gasteiger partial charge in [-0.15, -0.1) is 0 Å². The topological polar surface area (TPSA) is 97.6 Å². The number of halogens is 1. The van der Waals surface area contributed by atoms with Crippen LogP contribution < -0.4 is 10.2 Å². The molecule has 0 radical (unpaired) electrons. The lowest BCUT2D eigenvalue weighted by molar-refractivity contribution is -0.217. The predicted octanol–water partition coefficient (Wildman–Crippen LogP) is 4.12. The average molecular weight is 525 g/mol. The largest absolute Gasteiger partial charge is 0.394 e. The minimum atomic E-state index is -0.0168. The molecule has 1 spiro atoms. The maximum Gasteiger partial charge on any atom is 0.227 e. The summed E-state index contributed by atoms with van der Waals surface area (Å²) in [5.74, 6) is 0.546. The summed E-state index contributed by atoms with van der Waals surface area (Å²) >= 11 is 6.71. The molecule has 2 saturated heterocycles. The third kappa shape index (κ3) is 3.90. The summed E-state index contributed by atoms with van der Waals surface area (Å²) in [6.45, 7) is 3.51. The van der Waals surface area contributed by atoms with Gasteiger partial charge in [0, 0.05) is 43.4 Å². The molecule has 2 N–H and O–H groups in total. The Morgan fingerprint density at radius 3 is 2.76 bits per heavy atom. The van der Waals surface area contributed by atoms with E-state index in [2.05, 4.69) is 37.2 Å². The molecule has 1 atom stereocenters. The molecule has 3 aromatic rings. The first-order valence-corrected chi connectivity index (χ1v) is 13.6. The number of nitrogens with zero attached hydrogens (tertiary/aromatic N) is 5. The molecule has 1 aromatic carbocycles. The van der Waals surface area contributed by atoms with Gasteiger partial charge >= 0.3 is 0 Å². The number of piperidine rings is 1. The van der Waals surface area contributed by atoms with Gasteiger partial charge in [0.2, 0.25) is 5.95 Å². The van der Waals surface area contributed by atoms with E-state index in [-0.39, 0.29) is 23.7 Å². The second-order valence-electron chi connectivity index (χ2n) is 11.8. The summed E-state index contributed by atoms with van der Waals surface area (Å²) in [6.07, 6.45) is 12.1. The summed E-state index contributed by atoms with van der Waals surface area (Å²) in [6, 6.07) is 4.03. The van der Waals surface area contributed by atoms with Crippen molar-refractivity contribution in [3.63, 3.8) is 0 Å². The second-order valence-corrected chi connectivity index (χ2v) is 12.3. The van der Waals surface area contributed by atoms with Crippen LogP contribution in [-0.2, 0) is 15.0 Å². The van der Waals surface area contributed by atoms with Crippen LogP contribution in [-0.4, -0.2) is 71.0 Å². The Morgan fingerprint density at radius 2 is 2.03 bits per heavy atom. The van der Waals surface area contributed by atoms with E-state index in [4.69, 9.17) is 26.1 Å². The van der Waals surface area contributed by atoms with Crippen LogP contribution in [0.15, 0.2) is 30.7 Å². The fourth-order valence-corrected chi connectivity index (χ4v) is 7.63. The van der Waals surface area contributed by atoms with Crippen LogP contribution in [0.5, 0.6) is 0 Å². The highest BCUT2D eigenvalue weighted by Crippen LogP contribution is 2.71. The van der Waals surface area contributed by atoms with Crippen molar-refractivity contribution in [2.45, 2.75) is 50.2 Å². The first kappa shape index (κ1) is 23.6. The summed E-state index contributed by atoms with van der Waals surface area (Å²) in [5.41, 5.74) is 3.46. The summed E-state index contributed by atoms with van der Waals surface area (Å²) in [4.78, 5) is 11.7. The zero-order valence-corrected chi connectivity index (χ0v) is 21.9. The van der Waals surface area contributed by atoms with E-state index in [1.54, 1.807) is 7.11 Å². The normalized spacial score (nSPS) is 29.9. The molecule has 5 fully saturated rings. The van der Waals surface area contributed by atoms with Crippen LogP contribution in [0.1, 0.15) is 38.5 Å². The molecule has 0 unspecified atom stereocenters. The number of aliphatic hydroxyl groups is 1. The van der Waals surface area contributed by atoms with Crippen molar-refractivity contribution in [2.75, 3.05) is 50.2 Å². The number of rotatable bonds is 7. The molecule has 196 valence electrons. The van der Waals surface area contributed by atoms with Crippen molar-refractivity contribution in [3.8, 4) is 0 Å². The number of ether oxygens (including phenoxy) is 2. The molecule has 4 heterocycles. The van der Waals surface area contributed by atoms with Gasteiger partial charge in [-0.2, -0.15) is 5.10 Å². The van der Waals surface area contributed by atoms with Gasteiger partial charge in [0.15, 0.2) is 0 Å². The van der Waals surface area contributed by atoms with Crippen LogP contribution in [0.2, 0.25) is 5.02 Å². The summed E-state index contributed by atoms with van der Waals surface area (Å²) in [7, 11) is 1.78. The highest BCUT2D eigenvalue weighted by Gasteiger charge is 2.69. The fourth-order valence-electron chi connectivity index (χ4n) is 7.34. The Labute approximate surface area is 221 Å². The van der Waals surface area contributed by atoms with Gasteiger partial charge < -0.3 is 24.8 Å². The Balaban J connectivity index is 1.05. The third-order valence-corrected chi connectivity index (χ3v) is 9.49. The van der Waals surface area contributed by atoms with Crippen LogP contribution in [0.3, 0.4) is 0 Å². The van der Waals surface area contributed by atoms with Gasteiger partial charge in [-0.05, 0) is 56.1 Å². The van der Waals surface area contributed by atoms with Gasteiger partial charge in [-0.25, -0.2) is 9.97 Å². The second kappa shape index (κ2) is 8.53. The van der Waals surface area contributed by atoms with Crippen molar-refractivity contribution in [2.24, 2.45) is 10.8 Å². The molecule has 0 amide bonds. The quantitative estimate of drug-likeness (QED) is 0.476. The Bertz CT molecular complexity index is 1320. The standard InChI is InChI=1S/C27H33ClN6O3/c1-36-16-26-13-27(14-26,15-26)34-11-19(10-30-34)31-24-29-9-18-6-21(28)23(7-22(18)32-24)33-4-2-25(3-5-33)8-20(12-35)37-17-25/h6-7,9-11,20,35H,2-5,8,12-17H2,1H3,(H,29,31,32)/t20-,26?,27?/m0/s1. The zero-order chi connectivity index (χ0) is 25.3. The zero-order valence-electron chi connectivity index (χ0n) is 21.1. The van der Waals surface area contributed by atoms with Crippen molar-refractivity contribution in [1.29, 1.82) is 0 Å². The Morgan fingerprint density at radius 1 is 1.22 bits per heavy atom. The van der Waals surface area contributed by atoms with Gasteiger partial charge in [0.25, 0.3) is 0 Å². The van der Waals surface area contributed by atoms with E-state index in [9.17, 15) is 5.11 Å². The van der Waals surface area contributed by atoms with E-state index in [1.165, 1.54) is 0 Å². The number of nitrogens with one attached hydrogen (secondary N) is 1. The molecule has 3 saturated carbocycles. The fraction of sp³-hybridized carbons (Fsp3) is 0.593. The van der Waals surface area contributed by atoms with Crippen LogP contribution >= 0.6 is 11.6 Å². The van der Waals surface area contributed by atoms with Gasteiger partial charge in [0.1, 0.15) is 0 Å². The highest BCUT2D eigenvalue weighted by atomic mass is 35.5. The van der Waals surface area contributed by atoms with Gasteiger partial charge in [-0.3, -0.25) is 4.68 Å². The first-order chi connectivity index (χ1) is 17.9. The number of anilines is 3. The molecule has 2 bridgehead atoms. The first-order valence-electron chi connectivity index (χ1n) is 13.2. The number of aromatic nitrogens is 4. The highest BCUT2D eigenvalue weighted by molar-refractivity contribution is 6.34. The molecule has 8 rings (SSSR count). The number of methoxy groups -OCH3 is 1. The summed E-state index contributed by atoms with van der Waals surface area (Å²) in [5, 5.41) is 19.1. The molecule has 2 aromatic heterocycles. The van der Waals surface area contributed by atoms with Crippen molar-refractivity contribution < 1.29 is 14.6 Å². The molecule has 3 aliphatic carbocycles. The van der Waals surface area contributed by atoms with Crippen molar-refractivity contribution in [1.82, 2.24) is 19.7 Å². The summed E-state index contributed by atoms with van der Waals surface area (Å²) < 4.78 is 13.3. The maximum atomic E-state index is 9.46. The van der Waals surface area contributed by atoms with E-state index in [0.29, 0.717) is 11.4 Å². The SMILES string of the molecule is COCC12CC(n3cc(Nc4ncc5cc(Cl)c(N6CCC7(CC6)CO[C@H](CO)C7)cc5n4)cn3)(C1)C2. The Kier molecular flexibility index (Phi) is 5.45. The monoisotopic (exact) mass is 524 g/mol. The molecule has 37 heavy (non-hydrogen) atoms. The minimum absolute atomic E-state index is 0.0168. The maximum absolute atomic E-state index is 9.46. The number of aliphatic hydroxyl groups excluding tert-OH is 1.